The Balaban J connectivity index is 2.57. The number of hydrogen-bond donors (Lipinski definition) is 1. The number of hydrogen-bond acceptors (Lipinski definition) is 5. The lowest BCUT2D eigenvalue weighted by Crippen LogP contribution is -2.20. The summed E-state index contributed by atoms with van der Waals surface area (Å²) in [4.78, 5) is 21.0. The highest BCUT2D eigenvalue weighted by molar-refractivity contribution is 5.70. The van der Waals surface area contributed by atoms with Crippen molar-refractivity contribution in [2.24, 2.45) is 0 Å². The molecular weight excluding hydrogens is 224 g/mol. The Morgan fingerprint density at radius 1 is 1.47 bits per heavy atom. The van der Waals surface area contributed by atoms with E-state index in [2.05, 4.69) is 10.1 Å². The number of nitro groups is 1. The van der Waals surface area contributed by atoms with Crippen molar-refractivity contribution >= 4 is 17.3 Å². The Labute approximate surface area is 98.7 Å². The third-order valence-electron chi connectivity index (χ3n) is 2.19. The Morgan fingerprint density at radius 3 is 2.53 bits per heavy atom. The second kappa shape index (κ2) is 5.83. The van der Waals surface area contributed by atoms with Gasteiger partial charge in [0.1, 0.15) is 0 Å². The average Bonchev–Trinajstić information content (AvgIpc) is 2.29. The molecule has 0 fully saturated rings. The number of methoxy groups -OCH3 is 1. The van der Waals surface area contributed by atoms with Crippen LogP contribution in [0.4, 0.5) is 11.4 Å². The van der Waals surface area contributed by atoms with Gasteiger partial charge in [-0.3, -0.25) is 14.9 Å². The van der Waals surface area contributed by atoms with Crippen LogP contribution >= 0.6 is 0 Å². The zero-order valence-corrected chi connectivity index (χ0v) is 9.67. The fourth-order valence-corrected chi connectivity index (χ4v) is 1.35. The maximum atomic E-state index is 11.0. The third-order valence-corrected chi connectivity index (χ3v) is 2.19. The number of non-ortho nitro benzene ring substituents is 1. The number of nitrogens with one attached hydrogen (secondary N) is 1. The topological polar surface area (TPSA) is 81.5 Å². The van der Waals surface area contributed by atoms with E-state index in [1.165, 1.54) is 19.2 Å². The number of nitrogens with zero attached hydrogens (tertiary/aromatic N) is 1. The first-order chi connectivity index (χ1) is 8.02. The maximum Gasteiger partial charge on any atom is 0.307 e. The molecule has 1 atom stereocenters. The van der Waals surface area contributed by atoms with Crippen molar-refractivity contribution in [3.63, 3.8) is 0 Å². The first-order valence-corrected chi connectivity index (χ1v) is 5.10. The van der Waals surface area contributed by atoms with Crippen molar-refractivity contribution in [3.05, 3.63) is 34.4 Å². The quantitative estimate of drug-likeness (QED) is 0.481. The second-order valence-corrected chi connectivity index (χ2v) is 3.63. The molecule has 0 aliphatic carbocycles. The van der Waals surface area contributed by atoms with Crippen LogP contribution in [0.3, 0.4) is 0 Å². The van der Waals surface area contributed by atoms with Gasteiger partial charge in [-0.1, -0.05) is 0 Å². The summed E-state index contributed by atoms with van der Waals surface area (Å²) in [5, 5.41) is 13.5. The number of rotatable bonds is 5. The van der Waals surface area contributed by atoms with E-state index >= 15 is 0 Å². The molecule has 0 aromatic heterocycles. The van der Waals surface area contributed by atoms with Crippen LogP contribution in [-0.2, 0) is 9.53 Å². The predicted octanol–water partition coefficient (Wildman–Crippen LogP) is 1.96. The lowest BCUT2D eigenvalue weighted by Gasteiger charge is -2.13. The summed E-state index contributed by atoms with van der Waals surface area (Å²) in [6.07, 6.45) is 0.244. The van der Waals surface area contributed by atoms with Gasteiger partial charge in [-0.05, 0) is 19.1 Å². The number of carbonyl (C=O) groups excluding carboxylic acids is 1. The molecule has 0 radical (unpaired) electrons. The average molecular weight is 238 g/mol. The lowest BCUT2D eigenvalue weighted by molar-refractivity contribution is -0.384. The van der Waals surface area contributed by atoms with Crippen molar-refractivity contribution < 1.29 is 14.5 Å². The van der Waals surface area contributed by atoms with Gasteiger partial charge in [-0.2, -0.15) is 0 Å². The summed E-state index contributed by atoms with van der Waals surface area (Å²) in [5.41, 5.74) is 0.767. The first-order valence-electron chi connectivity index (χ1n) is 5.10. The van der Waals surface area contributed by atoms with E-state index in [1.807, 2.05) is 6.92 Å². The highest BCUT2D eigenvalue weighted by Crippen LogP contribution is 2.16. The number of benzene rings is 1. The zero-order chi connectivity index (χ0) is 12.8. The van der Waals surface area contributed by atoms with Gasteiger partial charge >= 0.3 is 5.97 Å². The van der Waals surface area contributed by atoms with Crippen LogP contribution in [0.15, 0.2) is 24.3 Å². The fourth-order valence-electron chi connectivity index (χ4n) is 1.35. The predicted molar refractivity (Wildman–Crippen MR) is 62.8 cm³/mol. The number of ether oxygens (including phenoxy) is 1. The molecule has 0 bridgehead atoms. The molecule has 1 N–H and O–H groups in total. The normalized spacial score (nSPS) is 11.6. The van der Waals surface area contributed by atoms with E-state index in [1.54, 1.807) is 12.1 Å². The molecule has 1 aromatic carbocycles. The highest BCUT2D eigenvalue weighted by Gasteiger charge is 2.09. The molecule has 0 aliphatic heterocycles. The van der Waals surface area contributed by atoms with Crippen molar-refractivity contribution in [3.8, 4) is 0 Å². The van der Waals surface area contributed by atoms with Gasteiger partial charge in [-0.15, -0.1) is 0 Å². The number of anilines is 1. The van der Waals surface area contributed by atoms with Gasteiger partial charge in [-0.25, -0.2) is 0 Å². The van der Waals surface area contributed by atoms with E-state index in [0.29, 0.717) is 0 Å². The highest BCUT2D eigenvalue weighted by atomic mass is 16.6. The minimum Gasteiger partial charge on any atom is -0.469 e. The van der Waals surface area contributed by atoms with Crippen molar-refractivity contribution in [1.29, 1.82) is 0 Å². The van der Waals surface area contributed by atoms with Gasteiger partial charge in [0.05, 0.1) is 18.5 Å². The lowest BCUT2D eigenvalue weighted by atomic mass is 10.2. The Kier molecular flexibility index (Phi) is 4.45. The molecular formula is C11H14N2O4. The van der Waals surface area contributed by atoms with Crippen LogP contribution in [0.1, 0.15) is 13.3 Å². The largest absolute Gasteiger partial charge is 0.469 e. The molecule has 0 spiro atoms. The van der Waals surface area contributed by atoms with Crippen molar-refractivity contribution in [2.75, 3.05) is 12.4 Å². The summed E-state index contributed by atoms with van der Waals surface area (Å²) < 4.78 is 4.54. The molecule has 6 heteroatoms. The van der Waals surface area contributed by atoms with Gasteiger partial charge in [0.15, 0.2) is 0 Å². The van der Waals surface area contributed by atoms with E-state index in [0.717, 1.165) is 5.69 Å². The van der Waals surface area contributed by atoms with Gasteiger partial charge in [0.2, 0.25) is 0 Å². The Bertz CT molecular complexity index is 402. The van der Waals surface area contributed by atoms with Crippen LogP contribution in [-0.4, -0.2) is 24.0 Å². The summed E-state index contributed by atoms with van der Waals surface area (Å²) in [5.74, 6) is -0.299. The Morgan fingerprint density at radius 2 is 2.06 bits per heavy atom. The first kappa shape index (κ1) is 13.0. The molecule has 1 rings (SSSR count). The minimum absolute atomic E-state index is 0.0381. The van der Waals surface area contributed by atoms with E-state index in [4.69, 9.17) is 0 Å². The van der Waals surface area contributed by atoms with Crippen LogP contribution in [0.5, 0.6) is 0 Å². The number of esters is 1. The van der Waals surface area contributed by atoms with Crippen LogP contribution in [0, 0.1) is 10.1 Å². The van der Waals surface area contributed by atoms with Crippen molar-refractivity contribution in [2.45, 2.75) is 19.4 Å². The molecule has 0 saturated carbocycles. The van der Waals surface area contributed by atoms with E-state index in [9.17, 15) is 14.9 Å². The molecule has 1 unspecified atom stereocenters. The van der Waals surface area contributed by atoms with Crippen molar-refractivity contribution in [1.82, 2.24) is 0 Å². The van der Waals surface area contributed by atoms with Crippen LogP contribution in [0.2, 0.25) is 0 Å². The second-order valence-electron chi connectivity index (χ2n) is 3.63. The van der Waals surface area contributed by atoms with Gasteiger partial charge in [0, 0.05) is 23.9 Å². The van der Waals surface area contributed by atoms with Gasteiger partial charge < -0.3 is 10.1 Å². The Hall–Kier alpha value is -2.11. The molecule has 0 saturated heterocycles. The molecule has 1 aromatic rings. The maximum absolute atomic E-state index is 11.0. The van der Waals surface area contributed by atoms with Crippen LogP contribution in [0.25, 0.3) is 0 Å². The third kappa shape index (κ3) is 4.10. The summed E-state index contributed by atoms with van der Waals surface area (Å²) in [7, 11) is 1.33. The van der Waals surface area contributed by atoms with E-state index in [-0.39, 0.29) is 24.1 Å². The molecule has 0 amide bonds. The van der Waals surface area contributed by atoms with E-state index < -0.39 is 4.92 Å². The van der Waals surface area contributed by atoms with Gasteiger partial charge in [0.25, 0.3) is 5.69 Å². The summed E-state index contributed by atoms with van der Waals surface area (Å²) in [6.45, 7) is 1.83. The summed E-state index contributed by atoms with van der Waals surface area (Å²) >= 11 is 0. The molecule has 17 heavy (non-hydrogen) atoms. The molecule has 92 valence electrons. The molecule has 0 heterocycles. The monoisotopic (exact) mass is 238 g/mol. The molecule has 6 nitrogen and oxygen atoms in total. The fraction of sp³-hybridized carbons (Fsp3) is 0.364. The van der Waals surface area contributed by atoms with Crippen LogP contribution < -0.4 is 5.32 Å². The minimum atomic E-state index is -0.457. The zero-order valence-electron chi connectivity index (χ0n) is 9.67. The molecule has 0 aliphatic rings. The smallest absolute Gasteiger partial charge is 0.307 e. The SMILES string of the molecule is COC(=O)CC(C)Nc1ccc([N+](=O)[O-])cc1. The number of nitro benzene ring substituents is 1. The number of carbonyl (C=O) groups is 1. The summed E-state index contributed by atoms with van der Waals surface area (Å²) in [6, 6.07) is 5.93. The standard InChI is InChI=1S/C11H14N2O4/c1-8(7-11(14)17-2)12-9-3-5-10(6-4-9)13(15)16/h3-6,8,12H,7H2,1-2H3.